The Bertz CT molecular complexity index is 3670. The van der Waals surface area contributed by atoms with Crippen LogP contribution in [-0.4, -0.2) is 14.5 Å². The van der Waals surface area contributed by atoms with Gasteiger partial charge in [0.05, 0.1) is 57.3 Å². The van der Waals surface area contributed by atoms with Crippen molar-refractivity contribution < 1.29 is 0 Å². The molecule has 68 heavy (non-hydrogen) atoms. The summed E-state index contributed by atoms with van der Waals surface area (Å²) in [6.45, 7) is 0. The first-order valence-electron chi connectivity index (χ1n) is 22.1. The monoisotopic (exact) mass is 867 g/mol. The average Bonchev–Trinajstić information content (AvgIpc) is 3.75. The van der Waals surface area contributed by atoms with Crippen molar-refractivity contribution in [3.05, 3.63) is 241 Å². The van der Waals surface area contributed by atoms with E-state index in [0.717, 1.165) is 94.9 Å². The largest absolute Gasteiger partial charge is 0.310 e. The van der Waals surface area contributed by atoms with E-state index in [1.54, 1.807) is 0 Å². The van der Waals surface area contributed by atoms with E-state index < -0.39 is 0 Å². The lowest BCUT2D eigenvalue weighted by Gasteiger charge is -2.25. The Morgan fingerprint density at radius 2 is 0.882 bits per heavy atom. The first kappa shape index (κ1) is 40.9. The van der Waals surface area contributed by atoms with Gasteiger partial charge in [-0.15, -0.1) is 0 Å². The lowest BCUT2D eigenvalue weighted by molar-refractivity contribution is 1.18. The van der Waals surface area contributed by atoms with Gasteiger partial charge in [0.15, 0.2) is 5.82 Å². The number of nitrogens with zero attached hydrogens (tertiary/aromatic N) is 7. The fraction of sp³-hybridized carbons (Fsp3) is 0. The van der Waals surface area contributed by atoms with Crippen LogP contribution in [0.15, 0.2) is 224 Å². The second-order valence-corrected chi connectivity index (χ2v) is 16.4. The molecule has 0 aliphatic heterocycles. The summed E-state index contributed by atoms with van der Waals surface area (Å²) in [7, 11) is 0. The molecule has 9 aromatic carbocycles. The predicted octanol–water partition coefficient (Wildman–Crippen LogP) is 15.0. The van der Waals surface area contributed by atoms with Crippen molar-refractivity contribution in [2.24, 2.45) is 0 Å². The second kappa shape index (κ2) is 17.6. The maximum atomic E-state index is 10.5. The van der Waals surface area contributed by atoms with Crippen molar-refractivity contribution >= 4 is 38.9 Å². The van der Waals surface area contributed by atoms with Crippen LogP contribution in [0, 0.1) is 34.0 Å². The van der Waals surface area contributed by atoms with Gasteiger partial charge in [0.25, 0.3) is 0 Å². The van der Waals surface area contributed by atoms with E-state index in [2.05, 4.69) is 137 Å². The summed E-state index contributed by atoms with van der Waals surface area (Å²) in [5, 5.41) is 31.7. The molecule has 0 unspecified atom stereocenters. The van der Waals surface area contributed by atoms with Gasteiger partial charge in [-0.1, -0.05) is 127 Å². The van der Waals surface area contributed by atoms with E-state index in [9.17, 15) is 15.8 Å². The molecule has 0 N–H and O–H groups in total. The highest BCUT2D eigenvalue weighted by atomic mass is 15.1. The van der Waals surface area contributed by atoms with Crippen LogP contribution in [0.1, 0.15) is 16.7 Å². The summed E-state index contributed by atoms with van der Waals surface area (Å²) in [5.41, 5.74) is 16.0. The fourth-order valence-corrected chi connectivity index (χ4v) is 8.96. The van der Waals surface area contributed by atoms with Gasteiger partial charge in [-0.2, -0.15) is 15.8 Å². The minimum atomic E-state index is 0.580. The van der Waals surface area contributed by atoms with Crippen LogP contribution in [0.5, 0.6) is 0 Å². The molecule has 316 valence electrons. The second-order valence-electron chi connectivity index (χ2n) is 16.4. The number of nitriles is 3. The minimum Gasteiger partial charge on any atom is -0.310 e. The van der Waals surface area contributed by atoms with E-state index in [1.807, 2.05) is 115 Å². The minimum absolute atomic E-state index is 0.580. The molecule has 7 heteroatoms. The summed E-state index contributed by atoms with van der Waals surface area (Å²) in [6, 6.07) is 81.8. The topological polar surface area (TPSA) is 105 Å². The van der Waals surface area contributed by atoms with Crippen LogP contribution in [0.4, 0.5) is 17.1 Å². The number of hydrogen-bond acceptors (Lipinski definition) is 6. The highest BCUT2D eigenvalue weighted by Crippen LogP contribution is 2.40. The number of hydrogen-bond donors (Lipinski definition) is 0. The van der Waals surface area contributed by atoms with E-state index >= 15 is 0 Å². The molecule has 0 amide bonds. The Kier molecular flexibility index (Phi) is 10.6. The Balaban J connectivity index is 0.903. The fourth-order valence-electron chi connectivity index (χ4n) is 8.96. The van der Waals surface area contributed by atoms with Crippen LogP contribution in [-0.2, 0) is 0 Å². The molecular weight excluding hydrogens is 831 g/mol. The molecule has 2 aromatic heterocycles. The Labute approximate surface area is 393 Å². The number of para-hydroxylation sites is 1. The van der Waals surface area contributed by atoms with Gasteiger partial charge >= 0.3 is 0 Å². The van der Waals surface area contributed by atoms with Crippen LogP contribution >= 0.6 is 0 Å². The molecular formula is C61H37N7. The number of benzene rings is 9. The van der Waals surface area contributed by atoms with E-state index in [1.165, 1.54) is 0 Å². The van der Waals surface area contributed by atoms with Crippen molar-refractivity contribution in [1.29, 1.82) is 15.8 Å². The highest BCUT2D eigenvalue weighted by molar-refractivity contribution is 6.10. The van der Waals surface area contributed by atoms with Crippen molar-refractivity contribution in [2.45, 2.75) is 0 Å². The summed E-state index contributed by atoms with van der Waals surface area (Å²) in [4.78, 5) is 12.1. The smallest absolute Gasteiger partial charge is 0.160 e. The summed E-state index contributed by atoms with van der Waals surface area (Å²) >= 11 is 0. The maximum absolute atomic E-state index is 10.5. The molecule has 0 saturated carbocycles. The molecule has 0 aliphatic carbocycles. The molecule has 7 nitrogen and oxygen atoms in total. The molecule has 2 heterocycles. The van der Waals surface area contributed by atoms with E-state index in [-0.39, 0.29) is 0 Å². The average molecular weight is 868 g/mol. The first-order chi connectivity index (χ1) is 33.5. The number of anilines is 3. The molecule has 0 saturated heterocycles. The Morgan fingerprint density at radius 3 is 1.50 bits per heavy atom. The van der Waals surface area contributed by atoms with Gasteiger partial charge in [-0.3, -0.25) is 0 Å². The summed E-state index contributed by atoms with van der Waals surface area (Å²) < 4.78 is 2.27. The molecule has 0 aliphatic rings. The molecule has 0 radical (unpaired) electrons. The summed E-state index contributed by atoms with van der Waals surface area (Å²) in [6.07, 6.45) is 0. The van der Waals surface area contributed by atoms with Gasteiger partial charge < -0.3 is 9.47 Å². The van der Waals surface area contributed by atoms with Crippen LogP contribution in [0.2, 0.25) is 0 Å². The van der Waals surface area contributed by atoms with Gasteiger partial charge in [-0.25, -0.2) is 9.97 Å². The highest BCUT2D eigenvalue weighted by Gasteiger charge is 2.19. The zero-order valence-corrected chi connectivity index (χ0v) is 36.5. The van der Waals surface area contributed by atoms with E-state index in [4.69, 9.17) is 9.97 Å². The number of aromatic nitrogens is 3. The third-order valence-corrected chi connectivity index (χ3v) is 12.3. The number of rotatable bonds is 9. The normalized spacial score (nSPS) is 10.9. The van der Waals surface area contributed by atoms with E-state index in [0.29, 0.717) is 22.5 Å². The van der Waals surface area contributed by atoms with Crippen LogP contribution < -0.4 is 4.90 Å². The standard InChI is InChI=1S/C61H37N7/c62-38-41-15-26-50(27-16-41)67(51-28-17-42(39-63)18-29-51)53-32-34-60-56(36-53)55-13-7-8-14-59(55)68(60)52-30-23-44(24-31-52)54-33-25-48(35-49(54)40-64)43-19-21-46(22-20-43)58-37-57(45-9-3-1-4-10-45)65-61(66-58)47-11-5-2-6-12-47/h1-37H. The zero-order valence-electron chi connectivity index (χ0n) is 36.5. The van der Waals surface area contributed by atoms with Crippen LogP contribution in [0.25, 0.3) is 83.6 Å². The van der Waals surface area contributed by atoms with Crippen molar-refractivity contribution in [3.8, 4) is 80.1 Å². The number of fused-ring (bicyclic) bond motifs is 3. The first-order valence-corrected chi connectivity index (χ1v) is 22.1. The molecule has 0 spiro atoms. The third-order valence-electron chi connectivity index (χ3n) is 12.3. The van der Waals surface area contributed by atoms with Crippen molar-refractivity contribution in [1.82, 2.24) is 14.5 Å². The van der Waals surface area contributed by atoms with Crippen molar-refractivity contribution in [2.75, 3.05) is 4.90 Å². The molecule has 11 aromatic rings. The lowest BCUT2D eigenvalue weighted by atomic mass is 9.94. The van der Waals surface area contributed by atoms with Crippen LogP contribution in [0.3, 0.4) is 0 Å². The van der Waals surface area contributed by atoms with Gasteiger partial charge in [0.2, 0.25) is 0 Å². The van der Waals surface area contributed by atoms with Crippen molar-refractivity contribution in [3.63, 3.8) is 0 Å². The molecule has 11 rings (SSSR count). The zero-order chi connectivity index (χ0) is 46.0. The predicted molar refractivity (Wildman–Crippen MR) is 272 cm³/mol. The van der Waals surface area contributed by atoms with Gasteiger partial charge in [0, 0.05) is 50.2 Å². The maximum Gasteiger partial charge on any atom is 0.160 e. The SMILES string of the molecule is N#Cc1ccc(N(c2ccc(C#N)cc2)c2ccc3c(c2)c2ccccc2n3-c2ccc(-c3ccc(-c4ccc(-c5cc(-c6ccccc6)nc(-c6ccccc6)n5)cc4)cc3C#N)cc2)cc1. The van der Waals surface area contributed by atoms with Gasteiger partial charge in [0.1, 0.15) is 0 Å². The molecule has 0 fully saturated rings. The quantitative estimate of drug-likeness (QED) is 0.143. The Hall–Kier alpha value is -9.87. The summed E-state index contributed by atoms with van der Waals surface area (Å²) in [5.74, 6) is 0.669. The molecule has 0 bridgehead atoms. The Morgan fingerprint density at radius 1 is 0.368 bits per heavy atom. The molecule has 0 atom stereocenters. The lowest BCUT2D eigenvalue weighted by Crippen LogP contribution is -2.10. The third kappa shape index (κ3) is 7.67. The van der Waals surface area contributed by atoms with Gasteiger partial charge in [-0.05, 0) is 119 Å².